The summed E-state index contributed by atoms with van der Waals surface area (Å²) in [5, 5.41) is 10.7. The molecule has 0 radical (unpaired) electrons. The summed E-state index contributed by atoms with van der Waals surface area (Å²) in [6.45, 7) is 0.348. The van der Waals surface area contributed by atoms with Crippen molar-refractivity contribution in [1.29, 1.82) is 0 Å². The standard InChI is InChI=1S/C16H14ClNO4/c1-21-15-10-13(7-8-18(19)20)9-14(17)16(15)22-11-12-5-3-2-4-6-12/h2-10H,11H2,1H3/b8-7+. The van der Waals surface area contributed by atoms with Gasteiger partial charge in [-0.2, -0.15) is 0 Å². The van der Waals surface area contributed by atoms with Crippen LogP contribution in [0.2, 0.25) is 5.02 Å². The maximum absolute atomic E-state index is 10.4. The lowest BCUT2D eigenvalue weighted by Gasteiger charge is -2.13. The van der Waals surface area contributed by atoms with Crippen molar-refractivity contribution in [3.05, 3.63) is 74.9 Å². The number of rotatable bonds is 6. The SMILES string of the molecule is COc1cc(/C=C/[N+](=O)[O-])cc(Cl)c1OCc1ccccc1. The van der Waals surface area contributed by atoms with Crippen molar-refractivity contribution in [2.75, 3.05) is 7.11 Å². The summed E-state index contributed by atoms with van der Waals surface area (Å²) in [4.78, 5) is 9.83. The van der Waals surface area contributed by atoms with E-state index >= 15 is 0 Å². The van der Waals surface area contributed by atoms with Crippen molar-refractivity contribution in [1.82, 2.24) is 0 Å². The largest absolute Gasteiger partial charge is 0.493 e. The molecule has 0 aliphatic heterocycles. The molecule has 0 amide bonds. The van der Waals surface area contributed by atoms with Crippen molar-refractivity contribution in [2.45, 2.75) is 6.61 Å². The quantitative estimate of drug-likeness (QED) is 0.592. The molecule has 6 heteroatoms. The number of hydrogen-bond donors (Lipinski definition) is 0. The van der Waals surface area contributed by atoms with Crippen molar-refractivity contribution >= 4 is 17.7 Å². The molecule has 0 N–H and O–H groups in total. The van der Waals surface area contributed by atoms with Gasteiger partial charge in [0.05, 0.1) is 17.1 Å². The normalized spacial score (nSPS) is 10.6. The minimum atomic E-state index is -0.541. The molecule has 0 fully saturated rings. The lowest BCUT2D eigenvalue weighted by molar-refractivity contribution is -0.400. The average Bonchev–Trinajstić information content (AvgIpc) is 2.52. The van der Waals surface area contributed by atoms with Crippen LogP contribution in [0.5, 0.6) is 11.5 Å². The minimum absolute atomic E-state index is 0.332. The third-order valence-electron chi connectivity index (χ3n) is 2.87. The number of benzene rings is 2. The summed E-state index contributed by atoms with van der Waals surface area (Å²) in [6, 6.07) is 12.9. The number of nitro groups is 1. The van der Waals surface area contributed by atoms with Gasteiger partial charge in [0.2, 0.25) is 6.20 Å². The van der Waals surface area contributed by atoms with Crippen LogP contribution in [0.15, 0.2) is 48.7 Å². The smallest absolute Gasteiger partial charge is 0.235 e. The van der Waals surface area contributed by atoms with E-state index < -0.39 is 4.92 Å². The maximum Gasteiger partial charge on any atom is 0.235 e. The highest BCUT2D eigenvalue weighted by Gasteiger charge is 2.12. The summed E-state index contributed by atoms with van der Waals surface area (Å²) in [7, 11) is 1.49. The Balaban J connectivity index is 2.22. The first-order chi connectivity index (χ1) is 10.6. The molecule has 0 aliphatic rings. The summed E-state index contributed by atoms with van der Waals surface area (Å²) < 4.78 is 11.0. The molecule has 2 aromatic rings. The van der Waals surface area contributed by atoms with Gasteiger partial charge in [0.15, 0.2) is 11.5 Å². The summed E-state index contributed by atoms with van der Waals surface area (Å²) in [5.74, 6) is 0.831. The minimum Gasteiger partial charge on any atom is -0.493 e. The highest BCUT2D eigenvalue weighted by atomic mass is 35.5. The highest BCUT2D eigenvalue weighted by molar-refractivity contribution is 6.32. The number of methoxy groups -OCH3 is 1. The second-order valence-corrected chi connectivity index (χ2v) is 4.82. The molecule has 5 nitrogen and oxygen atoms in total. The Kier molecular flexibility index (Phi) is 5.38. The van der Waals surface area contributed by atoms with Crippen molar-refractivity contribution in [3.63, 3.8) is 0 Å². The van der Waals surface area contributed by atoms with E-state index in [-0.39, 0.29) is 0 Å². The predicted octanol–water partition coefficient (Wildman–Crippen LogP) is 4.18. The molecule has 0 saturated carbocycles. The third-order valence-corrected chi connectivity index (χ3v) is 3.15. The van der Waals surface area contributed by atoms with Crippen molar-refractivity contribution < 1.29 is 14.4 Å². The van der Waals surface area contributed by atoms with Gasteiger partial charge in [0.1, 0.15) is 6.61 Å². The van der Waals surface area contributed by atoms with Gasteiger partial charge in [-0.05, 0) is 23.3 Å². The van der Waals surface area contributed by atoms with E-state index in [1.807, 2.05) is 30.3 Å². The molecule has 2 rings (SSSR count). The Morgan fingerprint density at radius 1 is 1.27 bits per heavy atom. The Bertz CT molecular complexity index is 686. The molecule has 0 aliphatic carbocycles. The molecule has 0 heterocycles. The van der Waals surface area contributed by atoms with Gasteiger partial charge in [-0.15, -0.1) is 0 Å². The number of halogens is 1. The Morgan fingerprint density at radius 2 is 2.00 bits per heavy atom. The van der Waals surface area contributed by atoms with E-state index in [1.165, 1.54) is 13.2 Å². The third kappa shape index (κ3) is 4.23. The average molecular weight is 320 g/mol. The number of hydrogen-bond acceptors (Lipinski definition) is 4. The fourth-order valence-electron chi connectivity index (χ4n) is 1.85. The van der Waals surface area contributed by atoms with Crippen LogP contribution in [0.25, 0.3) is 6.08 Å². The predicted molar refractivity (Wildman–Crippen MR) is 84.8 cm³/mol. The van der Waals surface area contributed by atoms with Gasteiger partial charge >= 0.3 is 0 Å². The monoisotopic (exact) mass is 319 g/mol. The van der Waals surface area contributed by atoms with Crippen LogP contribution in [0.1, 0.15) is 11.1 Å². The summed E-state index contributed by atoms with van der Waals surface area (Å²) >= 11 is 6.19. The Hall–Kier alpha value is -2.53. The molecule has 0 unspecified atom stereocenters. The van der Waals surface area contributed by atoms with Gasteiger partial charge in [-0.1, -0.05) is 41.9 Å². The second kappa shape index (κ2) is 7.47. The topological polar surface area (TPSA) is 61.6 Å². The van der Waals surface area contributed by atoms with Gasteiger partial charge in [0, 0.05) is 6.08 Å². The van der Waals surface area contributed by atoms with Crippen molar-refractivity contribution in [2.24, 2.45) is 0 Å². The molecule has 0 bridgehead atoms. The van der Waals surface area contributed by atoms with Gasteiger partial charge in [-0.25, -0.2) is 0 Å². The van der Waals surface area contributed by atoms with E-state index in [9.17, 15) is 10.1 Å². The van der Waals surface area contributed by atoms with Gasteiger partial charge in [-0.3, -0.25) is 10.1 Å². The second-order valence-electron chi connectivity index (χ2n) is 4.41. The molecular weight excluding hydrogens is 306 g/mol. The zero-order valence-corrected chi connectivity index (χ0v) is 12.6. The molecule has 114 valence electrons. The van der Waals surface area contributed by atoms with E-state index in [1.54, 1.807) is 12.1 Å². The van der Waals surface area contributed by atoms with E-state index in [2.05, 4.69) is 0 Å². The molecule has 0 spiro atoms. The maximum atomic E-state index is 10.4. The molecule has 0 aromatic heterocycles. The van der Waals surface area contributed by atoms with E-state index in [0.717, 1.165) is 11.8 Å². The van der Waals surface area contributed by atoms with Crippen LogP contribution in [0, 0.1) is 10.1 Å². The van der Waals surface area contributed by atoms with Crippen LogP contribution >= 0.6 is 11.6 Å². The molecule has 0 saturated heterocycles. The van der Waals surface area contributed by atoms with Crippen LogP contribution in [0.4, 0.5) is 0 Å². The Morgan fingerprint density at radius 3 is 2.64 bits per heavy atom. The molecular formula is C16H14ClNO4. The Labute approximate surface area is 132 Å². The summed E-state index contributed by atoms with van der Waals surface area (Å²) in [5.41, 5.74) is 1.56. The number of nitrogens with zero attached hydrogens (tertiary/aromatic N) is 1. The first-order valence-electron chi connectivity index (χ1n) is 6.46. The zero-order chi connectivity index (χ0) is 15.9. The molecule has 0 atom stereocenters. The van der Waals surface area contributed by atoms with Crippen LogP contribution in [-0.4, -0.2) is 12.0 Å². The van der Waals surface area contributed by atoms with Crippen LogP contribution in [-0.2, 0) is 6.61 Å². The zero-order valence-electron chi connectivity index (χ0n) is 11.9. The lowest BCUT2D eigenvalue weighted by atomic mass is 10.2. The van der Waals surface area contributed by atoms with Crippen LogP contribution in [0.3, 0.4) is 0 Å². The fraction of sp³-hybridized carbons (Fsp3) is 0.125. The summed E-state index contributed by atoms with van der Waals surface area (Å²) in [6.07, 6.45) is 2.19. The van der Waals surface area contributed by atoms with Crippen molar-refractivity contribution in [3.8, 4) is 11.5 Å². The van der Waals surface area contributed by atoms with E-state index in [0.29, 0.717) is 28.7 Å². The van der Waals surface area contributed by atoms with Crippen LogP contribution < -0.4 is 9.47 Å². The number of ether oxygens (including phenoxy) is 2. The van der Waals surface area contributed by atoms with Gasteiger partial charge in [0.25, 0.3) is 0 Å². The molecule has 2 aromatic carbocycles. The lowest BCUT2D eigenvalue weighted by Crippen LogP contribution is -1.98. The highest BCUT2D eigenvalue weighted by Crippen LogP contribution is 2.37. The fourth-order valence-corrected chi connectivity index (χ4v) is 2.13. The first-order valence-corrected chi connectivity index (χ1v) is 6.84. The van der Waals surface area contributed by atoms with E-state index in [4.69, 9.17) is 21.1 Å². The van der Waals surface area contributed by atoms with Gasteiger partial charge < -0.3 is 9.47 Å². The first kappa shape index (κ1) is 15.9. The molecule has 22 heavy (non-hydrogen) atoms.